The molecule has 0 radical (unpaired) electrons. The first-order valence-corrected chi connectivity index (χ1v) is 11.8. The minimum atomic E-state index is -0.471. The molecular formula is C24H31ClN2O2S. The molecule has 2 aromatic carbocycles. The van der Waals surface area contributed by atoms with Gasteiger partial charge in [-0.3, -0.25) is 9.59 Å². The Morgan fingerprint density at radius 2 is 1.70 bits per heavy atom. The van der Waals surface area contributed by atoms with Crippen LogP contribution in [0.15, 0.2) is 59.5 Å². The summed E-state index contributed by atoms with van der Waals surface area (Å²) in [5.41, 5.74) is 1.15. The molecule has 2 aromatic rings. The van der Waals surface area contributed by atoms with E-state index in [-0.39, 0.29) is 23.6 Å². The van der Waals surface area contributed by atoms with Gasteiger partial charge in [0.05, 0.1) is 5.75 Å². The molecule has 2 amide bonds. The van der Waals surface area contributed by atoms with Crippen LogP contribution in [0.25, 0.3) is 0 Å². The molecule has 0 saturated heterocycles. The Balaban J connectivity index is 2.11. The van der Waals surface area contributed by atoms with Crippen LogP contribution >= 0.6 is 23.4 Å². The number of thioether (sulfide) groups is 1. The highest BCUT2D eigenvalue weighted by atomic mass is 35.5. The van der Waals surface area contributed by atoms with Gasteiger partial charge >= 0.3 is 0 Å². The van der Waals surface area contributed by atoms with Crippen molar-refractivity contribution in [1.29, 1.82) is 0 Å². The minimum Gasteiger partial charge on any atom is -0.352 e. The lowest BCUT2D eigenvalue weighted by molar-refractivity contribution is -0.139. The SMILES string of the molecule is CC[C@@H](C)NC(=O)[C@H](CC)N(CCc1ccccc1)C(=O)CSc1ccc(Cl)cc1. The van der Waals surface area contributed by atoms with Crippen molar-refractivity contribution in [3.63, 3.8) is 0 Å². The van der Waals surface area contributed by atoms with Gasteiger partial charge in [0.25, 0.3) is 0 Å². The molecule has 2 rings (SSSR count). The van der Waals surface area contributed by atoms with E-state index in [9.17, 15) is 9.59 Å². The van der Waals surface area contributed by atoms with Crippen molar-refractivity contribution in [3.05, 3.63) is 65.2 Å². The summed E-state index contributed by atoms with van der Waals surface area (Å²) in [4.78, 5) is 28.8. The predicted molar refractivity (Wildman–Crippen MR) is 126 cm³/mol. The maximum Gasteiger partial charge on any atom is 0.243 e. The van der Waals surface area contributed by atoms with E-state index >= 15 is 0 Å². The third kappa shape index (κ3) is 7.69. The Morgan fingerprint density at radius 3 is 2.30 bits per heavy atom. The van der Waals surface area contributed by atoms with Gasteiger partial charge in [0.1, 0.15) is 6.04 Å². The second-order valence-corrected chi connectivity index (χ2v) is 8.79. The van der Waals surface area contributed by atoms with E-state index in [1.165, 1.54) is 11.8 Å². The number of carbonyl (C=O) groups excluding carboxylic acids is 2. The Hall–Kier alpha value is -1.98. The van der Waals surface area contributed by atoms with Crippen LogP contribution < -0.4 is 5.32 Å². The van der Waals surface area contributed by atoms with Crippen LogP contribution in [0.4, 0.5) is 0 Å². The number of nitrogens with zero attached hydrogens (tertiary/aromatic N) is 1. The zero-order valence-electron chi connectivity index (χ0n) is 17.9. The van der Waals surface area contributed by atoms with Crippen molar-refractivity contribution in [2.24, 2.45) is 0 Å². The van der Waals surface area contributed by atoms with Crippen LogP contribution in [-0.4, -0.2) is 41.1 Å². The second-order valence-electron chi connectivity index (χ2n) is 7.31. The fraction of sp³-hybridized carbons (Fsp3) is 0.417. The number of hydrogen-bond acceptors (Lipinski definition) is 3. The first-order chi connectivity index (χ1) is 14.4. The van der Waals surface area contributed by atoms with Gasteiger partial charge in [-0.15, -0.1) is 11.8 Å². The summed E-state index contributed by atoms with van der Waals surface area (Å²) in [5, 5.41) is 3.71. The summed E-state index contributed by atoms with van der Waals surface area (Å²) in [6.45, 7) is 6.48. The highest BCUT2D eigenvalue weighted by molar-refractivity contribution is 8.00. The zero-order chi connectivity index (χ0) is 21.9. The highest BCUT2D eigenvalue weighted by Gasteiger charge is 2.28. The summed E-state index contributed by atoms with van der Waals surface area (Å²) in [7, 11) is 0. The van der Waals surface area contributed by atoms with Crippen molar-refractivity contribution < 1.29 is 9.59 Å². The topological polar surface area (TPSA) is 49.4 Å². The van der Waals surface area contributed by atoms with Gasteiger partial charge in [-0.05, 0) is 56.0 Å². The van der Waals surface area contributed by atoms with E-state index in [0.717, 1.165) is 16.9 Å². The molecule has 0 unspecified atom stereocenters. The van der Waals surface area contributed by atoms with Crippen LogP contribution in [0.2, 0.25) is 5.02 Å². The number of carbonyl (C=O) groups is 2. The molecule has 0 heterocycles. The number of benzene rings is 2. The van der Waals surface area contributed by atoms with E-state index in [1.807, 2.05) is 75.4 Å². The lowest BCUT2D eigenvalue weighted by atomic mass is 10.1. The Morgan fingerprint density at radius 1 is 1.03 bits per heavy atom. The van der Waals surface area contributed by atoms with Crippen molar-refractivity contribution in [2.45, 2.75) is 57.0 Å². The van der Waals surface area contributed by atoms with Gasteiger partial charge in [0, 0.05) is 22.5 Å². The number of amides is 2. The van der Waals surface area contributed by atoms with E-state index in [1.54, 1.807) is 4.90 Å². The normalized spacial score (nSPS) is 12.8. The second kappa shape index (κ2) is 12.7. The van der Waals surface area contributed by atoms with Crippen molar-refractivity contribution in [2.75, 3.05) is 12.3 Å². The molecule has 1 N–H and O–H groups in total. The largest absolute Gasteiger partial charge is 0.352 e. The predicted octanol–water partition coefficient (Wildman–Crippen LogP) is 5.20. The molecule has 0 aliphatic rings. The van der Waals surface area contributed by atoms with Crippen LogP contribution in [0.1, 0.15) is 39.2 Å². The Kier molecular flexibility index (Phi) is 10.2. The Bertz CT molecular complexity index is 799. The molecule has 0 aromatic heterocycles. The molecule has 0 bridgehead atoms. The molecule has 162 valence electrons. The smallest absolute Gasteiger partial charge is 0.243 e. The fourth-order valence-electron chi connectivity index (χ4n) is 3.10. The van der Waals surface area contributed by atoms with Gasteiger partial charge in [-0.1, -0.05) is 55.8 Å². The van der Waals surface area contributed by atoms with Crippen molar-refractivity contribution in [1.82, 2.24) is 10.2 Å². The van der Waals surface area contributed by atoms with E-state index in [4.69, 9.17) is 11.6 Å². The van der Waals surface area contributed by atoms with Crippen LogP contribution in [-0.2, 0) is 16.0 Å². The molecule has 0 fully saturated rings. The minimum absolute atomic E-state index is 0.0305. The van der Waals surface area contributed by atoms with Gasteiger partial charge in [-0.25, -0.2) is 0 Å². The maximum absolute atomic E-state index is 13.2. The molecule has 2 atom stereocenters. The Labute approximate surface area is 189 Å². The molecule has 0 saturated carbocycles. The van der Waals surface area contributed by atoms with Gasteiger partial charge in [-0.2, -0.15) is 0 Å². The first kappa shape index (κ1) is 24.3. The van der Waals surface area contributed by atoms with Crippen LogP contribution in [0.3, 0.4) is 0 Å². The molecule has 4 nitrogen and oxygen atoms in total. The summed E-state index contributed by atoms with van der Waals surface area (Å²) in [6, 6.07) is 17.1. The third-order valence-electron chi connectivity index (χ3n) is 5.05. The number of rotatable bonds is 11. The summed E-state index contributed by atoms with van der Waals surface area (Å²) >= 11 is 7.41. The zero-order valence-corrected chi connectivity index (χ0v) is 19.5. The average Bonchev–Trinajstić information content (AvgIpc) is 2.76. The quantitative estimate of drug-likeness (QED) is 0.483. The van der Waals surface area contributed by atoms with Crippen LogP contribution in [0.5, 0.6) is 0 Å². The standard InChI is InChI=1S/C24H31ClN2O2S/c1-4-18(3)26-24(29)22(5-2)27(16-15-19-9-7-6-8-10-19)23(28)17-30-21-13-11-20(25)12-14-21/h6-14,18,22H,4-5,15-17H2,1-3H3,(H,26,29)/t18-,22+/m1/s1. The maximum atomic E-state index is 13.2. The summed E-state index contributed by atoms with van der Waals surface area (Å²) < 4.78 is 0. The highest BCUT2D eigenvalue weighted by Crippen LogP contribution is 2.21. The number of halogens is 1. The van der Waals surface area contributed by atoms with Crippen molar-refractivity contribution in [3.8, 4) is 0 Å². The fourth-order valence-corrected chi connectivity index (χ4v) is 4.01. The van der Waals surface area contributed by atoms with E-state index in [2.05, 4.69) is 5.32 Å². The lowest BCUT2D eigenvalue weighted by Crippen LogP contribution is -2.52. The number of hydrogen-bond donors (Lipinski definition) is 1. The van der Waals surface area contributed by atoms with Gasteiger partial charge in [0.15, 0.2) is 0 Å². The average molecular weight is 447 g/mol. The summed E-state index contributed by atoms with van der Waals surface area (Å²) in [6.07, 6.45) is 2.15. The molecular weight excluding hydrogens is 416 g/mol. The van der Waals surface area contributed by atoms with Gasteiger partial charge < -0.3 is 10.2 Å². The van der Waals surface area contributed by atoms with E-state index < -0.39 is 6.04 Å². The lowest BCUT2D eigenvalue weighted by Gasteiger charge is -2.31. The first-order valence-electron chi connectivity index (χ1n) is 10.5. The molecule has 6 heteroatoms. The van der Waals surface area contributed by atoms with Gasteiger partial charge in [0.2, 0.25) is 11.8 Å². The monoisotopic (exact) mass is 446 g/mol. The molecule has 0 aliphatic heterocycles. The number of nitrogens with one attached hydrogen (secondary N) is 1. The summed E-state index contributed by atoms with van der Waals surface area (Å²) in [5.74, 6) is 0.172. The van der Waals surface area contributed by atoms with E-state index in [0.29, 0.717) is 24.4 Å². The van der Waals surface area contributed by atoms with Crippen LogP contribution in [0, 0.1) is 0 Å². The molecule has 0 spiro atoms. The van der Waals surface area contributed by atoms with Crippen molar-refractivity contribution >= 4 is 35.2 Å². The third-order valence-corrected chi connectivity index (χ3v) is 6.30. The molecule has 30 heavy (non-hydrogen) atoms. The molecule has 0 aliphatic carbocycles.